The highest BCUT2D eigenvalue weighted by molar-refractivity contribution is 5.85. The summed E-state index contributed by atoms with van der Waals surface area (Å²) in [6.07, 6.45) is 2.32. The molecular formula is C21H33ClN6O4. The Morgan fingerprint density at radius 2 is 1.72 bits per heavy atom. The molecule has 1 aliphatic heterocycles. The Balaban J connectivity index is 0.00000363. The van der Waals surface area contributed by atoms with E-state index in [2.05, 4.69) is 25.6 Å². The van der Waals surface area contributed by atoms with Crippen LogP contribution in [0.25, 0.3) is 11.4 Å². The van der Waals surface area contributed by atoms with E-state index in [1.165, 1.54) is 0 Å². The van der Waals surface area contributed by atoms with Crippen molar-refractivity contribution in [1.82, 2.24) is 15.0 Å². The van der Waals surface area contributed by atoms with Gasteiger partial charge in [-0.15, -0.1) is 12.4 Å². The van der Waals surface area contributed by atoms with Crippen molar-refractivity contribution in [3.63, 3.8) is 0 Å². The number of nitrogens with two attached hydrogens (primary N) is 1. The SMILES string of the molecule is COc1ccc(-c2nc(NCCOCCOCCN)nc(NCC3CCCO3)n2)cc1.Cl. The monoisotopic (exact) mass is 468 g/mol. The van der Waals surface area contributed by atoms with E-state index in [0.717, 1.165) is 30.8 Å². The number of halogens is 1. The van der Waals surface area contributed by atoms with E-state index in [1.807, 2.05) is 24.3 Å². The molecule has 1 fully saturated rings. The molecule has 1 unspecified atom stereocenters. The summed E-state index contributed by atoms with van der Waals surface area (Å²) in [6.45, 7) is 4.65. The summed E-state index contributed by atoms with van der Waals surface area (Å²) < 4.78 is 21.7. The van der Waals surface area contributed by atoms with Crippen molar-refractivity contribution < 1.29 is 18.9 Å². The molecular weight excluding hydrogens is 436 g/mol. The second kappa shape index (κ2) is 14.8. The molecule has 2 aromatic rings. The highest BCUT2D eigenvalue weighted by atomic mass is 35.5. The van der Waals surface area contributed by atoms with Crippen LogP contribution in [0.2, 0.25) is 0 Å². The molecule has 0 radical (unpaired) electrons. The normalized spacial score (nSPS) is 15.2. The van der Waals surface area contributed by atoms with Gasteiger partial charge in [0.1, 0.15) is 5.75 Å². The van der Waals surface area contributed by atoms with Gasteiger partial charge >= 0.3 is 0 Å². The van der Waals surface area contributed by atoms with Gasteiger partial charge in [0.15, 0.2) is 5.82 Å². The van der Waals surface area contributed by atoms with Crippen LogP contribution in [0.5, 0.6) is 5.75 Å². The molecule has 2 heterocycles. The predicted octanol–water partition coefficient (Wildman–Crippen LogP) is 1.96. The maximum absolute atomic E-state index is 5.68. The van der Waals surface area contributed by atoms with E-state index in [-0.39, 0.29) is 18.5 Å². The number of benzene rings is 1. The number of aromatic nitrogens is 3. The second-order valence-electron chi connectivity index (χ2n) is 6.99. The number of nitrogens with one attached hydrogen (secondary N) is 2. The fraction of sp³-hybridized carbons (Fsp3) is 0.571. The average Bonchev–Trinajstić information content (AvgIpc) is 3.33. The van der Waals surface area contributed by atoms with E-state index in [0.29, 0.717) is 63.8 Å². The van der Waals surface area contributed by atoms with Crippen LogP contribution in [-0.2, 0) is 14.2 Å². The molecule has 0 saturated carbocycles. The second-order valence-corrected chi connectivity index (χ2v) is 6.99. The highest BCUT2D eigenvalue weighted by Crippen LogP contribution is 2.21. The first-order valence-electron chi connectivity index (χ1n) is 10.6. The summed E-state index contributed by atoms with van der Waals surface area (Å²) in [5.74, 6) is 2.35. The van der Waals surface area contributed by atoms with Crippen molar-refractivity contribution in [2.75, 3.05) is 70.4 Å². The summed E-state index contributed by atoms with van der Waals surface area (Å²) in [5, 5.41) is 6.48. The van der Waals surface area contributed by atoms with Gasteiger partial charge in [-0.3, -0.25) is 0 Å². The third-order valence-electron chi connectivity index (χ3n) is 4.66. The van der Waals surface area contributed by atoms with E-state index in [9.17, 15) is 0 Å². The van der Waals surface area contributed by atoms with Gasteiger partial charge in [0, 0.05) is 31.8 Å². The number of ether oxygens (including phenoxy) is 4. The molecule has 10 nitrogen and oxygen atoms in total. The smallest absolute Gasteiger partial charge is 0.228 e. The van der Waals surface area contributed by atoms with Crippen LogP contribution in [-0.4, -0.2) is 80.8 Å². The average molecular weight is 469 g/mol. The minimum absolute atomic E-state index is 0. The summed E-state index contributed by atoms with van der Waals surface area (Å²) in [7, 11) is 1.64. The van der Waals surface area contributed by atoms with Gasteiger partial charge in [0.05, 0.1) is 39.6 Å². The Hall–Kier alpha value is -2.24. The van der Waals surface area contributed by atoms with Crippen LogP contribution in [0.3, 0.4) is 0 Å². The molecule has 0 aliphatic carbocycles. The molecule has 1 aromatic carbocycles. The minimum atomic E-state index is 0. The number of anilines is 2. The van der Waals surface area contributed by atoms with Crippen LogP contribution >= 0.6 is 12.4 Å². The quantitative estimate of drug-likeness (QED) is 0.354. The molecule has 0 spiro atoms. The molecule has 0 bridgehead atoms. The van der Waals surface area contributed by atoms with Crippen molar-refractivity contribution in [2.24, 2.45) is 5.73 Å². The lowest BCUT2D eigenvalue weighted by Gasteiger charge is -2.13. The lowest BCUT2D eigenvalue weighted by atomic mass is 10.2. The first-order chi connectivity index (χ1) is 15.3. The molecule has 4 N–H and O–H groups in total. The van der Waals surface area contributed by atoms with Crippen molar-refractivity contribution >= 4 is 24.3 Å². The molecule has 1 saturated heterocycles. The molecule has 3 rings (SSSR count). The molecule has 11 heteroatoms. The van der Waals surface area contributed by atoms with Crippen molar-refractivity contribution in [3.05, 3.63) is 24.3 Å². The lowest BCUT2D eigenvalue weighted by Crippen LogP contribution is -2.21. The standard InChI is InChI=1S/C21H32N6O4.ClH/c1-28-17-6-4-16(5-7-17)19-25-20(23-9-12-30-14-13-29-11-8-22)27-21(26-19)24-15-18-3-2-10-31-18;/h4-7,18H,2-3,8-15,22H2,1H3,(H2,23,24,25,26,27);1H. The number of methoxy groups -OCH3 is 1. The number of rotatable bonds is 14. The van der Waals surface area contributed by atoms with Gasteiger partial charge < -0.3 is 35.3 Å². The Bertz CT molecular complexity index is 777. The van der Waals surface area contributed by atoms with Gasteiger partial charge in [-0.1, -0.05) is 0 Å². The van der Waals surface area contributed by atoms with E-state index >= 15 is 0 Å². The molecule has 178 valence electrons. The Labute approximate surface area is 195 Å². The third kappa shape index (κ3) is 8.71. The van der Waals surface area contributed by atoms with Crippen LogP contribution in [0.4, 0.5) is 11.9 Å². The number of hydrogen-bond donors (Lipinski definition) is 3. The van der Waals surface area contributed by atoms with Crippen LogP contribution in [0, 0.1) is 0 Å². The number of nitrogens with zero attached hydrogens (tertiary/aromatic N) is 3. The summed E-state index contributed by atoms with van der Waals surface area (Å²) >= 11 is 0. The predicted molar refractivity (Wildman–Crippen MR) is 126 cm³/mol. The molecule has 32 heavy (non-hydrogen) atoms. The topological polar surface area (TPSA) is 126 Å². The van der Waals surface area contributed by atoms with Gasteiger partial charge in [-0.05, 0) is 37.1 Å². The minimum Gasteiger partial charge on any atom is -0.497 e. The molecule has 0 amide bonds. The van der Waals surface area contributed by atoms with E-state index < -0.39 is 0 Å². The lowest BCUT2D eigenvalue weighted by molar-refractivity contribution is 0.0547. The zero-order valence-electron chi connectivity index (χ0n) is 18.4. The van der Waals surface area contributed by atoms with Crippen molar-refractivity contribution in [2.45, 2.75) is 18.9 Å². The van der Waals surface area contributed by atoms with Crippen molar-refractivity contribution in [3.8, 4) is 17.1 Å². The van der Waals surface area contributed by atoms with Crippen LogP contribution in [0.15, 0.2) is 24.3 Å². The molecule has 1 atom stereocenters. The van der Waals surface area contributed by atoms with Gasteiger partial charge in [0.25, 0.3) is 0 Å². The summed E-state index contributed by atoms with van der Waals surface area (Å²) in [5.41, 5.74) is 6.25. The number of hydrogen-bond acceptors (Lipinski definition) is 10. The zero-order chi connectivity index (χ0) is 21.7. The van der Waals surface area contributed by atoms with E-state index in [4.69, 9.17) is 24.7 Å². The first-order valence-corrected chi connectivity index (χ1v) is 10.6. The summed E-state index contributed by atoms with van der Waals surface area (Å²) in [6, 6.07) is 7.61. The fourth-order valence-corrected chi connectivity index (χ4v) is 3.05. The van der Waals surface area contributed by atoms with Crippen molar-refractivity contribution in [1.29, 1.82) is 0 Å². The molecule has 1 aromatic heterocycles. The molecule has 1 aliphatic rings. The van der Waals surface area contributed by atoms with Gasteiger partial charge in [-0.25, -0.2) is 0 Å². The first kappa shape index (κ1) is 26.0. The Kier molecular flexibility index (Phi) is 12.0. The zero-order valence-corrected chi connectivity index (χ0v) is 19.2. The maximum Gasteiger partial charge on any atom is 0.228 e. The highest BCUT2D eigenvalue weighted by Gasteiger charge is 2.16. The van der Waals surface area contributed by atoms with Crippen LogP contribution < -0.4 is 21.1 Å². The Morgan fingerprint density at radius 3 is 2.38 bits per heavy atom. The third-order valence-corrected chi connectivity index (χ3v) is 4.66. The van der Waals surface area contributed by atoms with Crippen LogP contribution in [0.1, 0.15) is 12.8 Å². The van der Waals surface area contributed by atoms with E-state index in [1.54, 1.807) is 7.11 Å². The Morgan fingerprint density at radius 1 is 1.00 bits per heavy atom. The van der Waals surface area contributed by atoms with Gasteiger partial charge in [-0.2, -0.15) is 15.0 Å². The largest absolute Gasteiger partial charge is 0.497 e. The fourth-order valence-electron chi connectivity index (χ4n) is 3.05. The summed E-state index contributed by atoms with van der Waals surface area (Å²) in [4.78, 5) is 13.6. The van der Waals surface area contributed by atoms with Gasteiger partial charge in [0.2, 0.25) is 11.9 Å². The maximum atomic E-state index is 5.68.